The maximum Gasteiger partial charge on any atom is 0.417 e. The fourth-order valence-corrected chi connectivity index (χ4v) is 3.05. The predicted octanol–water partition coefficient (Wildman–Crippen LogP) is 4.65. The highest BCUT2D eigenvalue weighted by Crippen LogP contribution is 2.38. The Labute approximate surface area is 185 Å². The van der Waals surface area contributed by atoms with Crippen molar-refractivity contribution in [1.82, 2.24) is 4.98 Å². The number of nitrogens with zero attached hydrogens (tertiary/aromatic N) is 2. The molecule has 0 saturated heterocycles. The molecule has 32 heavy (non-hydrogen) atoms. The minimum absolute atomic E-state index is 0.0970. The van der Waals surface area contributed by atoms with Crippen molar-refractivity contribution in [3.63, 3.8) is 0 Å². The highest BCUT2D eigenvalue weighted by molar-refractivity contribution is 6.31. The molecule has 0 unspecified atom stereocenters. The molecule has 3 rings (SSSR count). The first-order valence-corrected chi connectivity index (χ1v) is 9.38. The van der Waals surface area contributed by atoms with Gasteiger partial charge in [0, 0.05) is 6.20 Å². The van der Waals surface area contributed by atoms with Crippen LogP contribution < -0.4 is 21.1 Å². The van der Waals surface area contributed by atoms with Gasteiger partial charge in [0.25, 0.3) is 5.91 Å². The third-order valence-electron chi connectivity index (χ3n) is 4.31. The number of nitrogens with two attached hydrogens (primary N) is 2. The number of pyridine rings is 1. The van der Waals surface area contributed by atoms with Crippen LogP contribution in [-0.2, 0) is 12.8 Å². The number of hydrogen-bond donors (Lipinski definition) is 2. The Morgan fingerprint density at radius 3 is 2.25 bits per heavy atom. The van der Waals surface area contributed by atoms with Gasteiger partial charge in [-0.25, -0.2) is 4.79 Å². The molecule has 0 aliphatic rings. The quantitative estimate of drug-likeness (QED) is 0.553. The van der Waals surface area contributed by atoms with E-state index in [1.807, 2.05) is 0 Å². The zero-order valence-electron chi connectivity index (χ0n) is 16.3. The highest BCUT2D eigenvalue weighted by atomic mass is 35.5. The number of carbonyl (C=O) groups excluding carboxylic acids is 2. The summed E-state index contributed by atoms with van der Waals surface area (Å²) >= 11 is 5.64. The van der Waals surface area contributed by atoms with Crippen molar-refractivity contribution in [2.75, 3.05) is 4.90 Å². The maximum atomic E-state index is 13.2. The second kappa shape index (κ2) is 9.15. The Kier molecular flexibility index (Phi) is 6.54. The molecule has 0 aliphatic heterocycles. The highest BCUT2D eigenvalue weighted by Gasteiger charge is 2.34. The van der Waals surface area contributed by atoms with Crippen LogP contribution >= 0.6 is 11.6 Å². The average molecular weight is 465 g/mol. The SMILES string of the molecule is NC(=O)c1cc(COc2ccc(N(C(N)=O)c3ccc(Cl)c(C(F)(F)F)c3)cc2)ccn1. The number of rotatable bonds is 6. The lowest BCUT2D eigenvalue weighted by Crippen LogP contribution is -2.31. The third kappa shape index (κ3) is 5.27. The third-order valence-corrected chi connectivity index (χ3v) is 4.64. The summed E-state index contributed by atoms with van der Waals surface area (Å²) in [6.45, 7) is 0.105. The number of hydrogen-bond acceptors (Lipinski definition) is 4. The van der Waals surface area contributed by atoms with Crippen molar-refractivity contribution in [3.05, 3.63) is 82.6 Å². The van der Waals surface area contributed by atoms with E-state index in [0.29, 0.717) is 11.3 Å². The molecule has 4 N–H and O–H groups in total. The Bertz CT molecular complexity index is 1150. The summed E-state index contributed by atoms with van der Waals surface area (Å²) in [7, 11) is 0. The van der Waals surface area contributed by atoms with Crippen molar-refractivity contribution in [2.24, 2.45) is 11.5 Å². The van der Waals surface area contributed by atoms with Crippen LogP contribution in [0.15, 0.2) is 60.8 Å². The van der Waals surface area contributed by atoms with E-state index in [4.69, 9.17) is 27.8 Å². The van der Waals surface area contributed by atoms with Gasteiger partial charge in [-0.15, -0.1) is 0 Å². The van der Waals surface area contributed by atoms with E-state index >= 15 is 0 Å². The molecule has 11 heteroatoms. The number of halogens is 4. The second-order valence-corrected chi connectivity index (χ2v) is 6.94. The summed E-state index contributed by atoms with van der Waals surface area (Å²) in [6.07, 6.45) is -3.27. The van der Waals surface area contributed by atoms with Crippen molar-refractivity contribution in [2.45, 2.75) is 12.8 Å². The molecule has 3 amide bonds. The van der Waals surface area contributed by atoms with Crippen LogP contribution in [0.2, 0.25) is 5.02 Å². The van der Waals surface area contributed by atoms with Gasteiger partial charge in [0.2, 0.25) is 0 Å². The van der Waals surface area contributed by atoms with E-state index in [-0.39, 0.29) is 23.7 Å². The fraction of sp³-hybridized carbons (Fsp3) is 0.0952. The number of urea groups is 1. The largest absolute Gasteiger partial charge is 0.489 e. The molecule has 1 heterocycles. The number of ether oxygens (including phenoxy) is 1. The normalized spacial score (nSPS) is 11.1. The molecule has 0 radical (unpaired) electrons. The van der Waals surface area contributed by atoms with Crippen molar-refractivity contribution >= 4 is 34.9 Å². The molecule has 2 aromatic carbocycles. The Hall–Kier alpha value is -3.79. The molecule has 7 nitrogen and oxygen atoms in total. The van der Waals surface area contributed by atoms with Gasteiger partial charge in [0.15, 0.2) is 0 Å². The minimum Gasteiger partial charge on any atom is -0.489 e. The van der Waals surface area contributed by atoms with Crippen LogP contribution in [0.3, 0.4) is 0 Å². The van der Waals surface area contributed by atoms with Crippen LogP contribution in [0.5, 0.6) is 5.75 Å². The molecule has 0 bridgehead atoms. The number of benzene rings is 2. The van der Waals surface area contributed by atoms with Gasteiger partial charge in [-0.3, -0.25) is 14.7 Å². The van der Waals surface area contributed by atoms with Crippen LogP contribution in [0.25, 0.3) is 0 Å². The average Bonchev–Trinajstić information content (AvgIpc) is 2.73. The summed E-state index contributed by atoms with van der Waals surface area (Å²) in [4.78, 5) is 27.9. The summed E-state index contributed by atoms with van der Waals surface area (Å²) in [6, 6.07) is 11.2. The monoisotopic (exact) mass is 464 g/mol. The van der Waals surface area contributed by atoms with Crippen molar-refractivity contribution in [1.29, 1.82) is 0 Å². The van der Waals surface area contributed by atoms with Gasteiger partial charge in [-0.2, -0.15) is 13.2 Å². The number of alkyl halides is 3. The lowest BCUT2D eigenvalue weighted by atomic mass is 10.1. The zero-order chi connectivity index (χ0) is 23.5. The van der Waals surface area contributed by atoms with E-state index in [2.05, 4.69) is 4.98 Å². The standard InChI is InChI=1S/C21H16ClF3N4O3/c22-17-6-3-14(10-16(17)21(23,24)25)29(20(27)31)13-1-4-15(5-2-13)32-11-12-7-8-28-18(9-12)19(26)30/h1-10H,11H2,(H2,26,30)(H2,27,31). The lowest BCUT2D eigenvalue weighted by Gasteiger charge is -2.22. The minimum atomic E-state index is -4.70. The van der Waals surface area contributed by atoms with Crippen molar-refractivity contribution < 1.29 is 27.5 Å². The van der Waals surface area contributed by atoms with Crippen LogP contribution in [-0.4, -0.2) is 16.9 Å². The number of carbonyl (C=O) groups is 2. The van der Waals surface area contributed by atoms with E-state index in [1.54, 1.807) is 6.07 Å². The first-order valence-electron chi connectivity index (χ1n) is 9.00. The van der Waals surface area contributed by atoms with Gasteiger partial charge >= 0.3 is 12.2 Å². The van der Waals surface area contributed by atoms with Gasteiger partial charge < -0.3 is 16.2 Å². The van der Waals surface area contributed by atoms with Gasteiger partial charge in [0.05, 0.1) is 22.0 Å². The summed E-state index contributed by atoms with van der Waals surface area (Å²) < 4.78 is 45.2. The topological polar surface area (TPSA) is 112 Å². The Balaban J connectivity index is 1.81. The molecule has 0 aliphatic carbocycles. The van der Waals surface area contributed by atoms with Gasteiger partial charge in [-0.05, 0) is 60.2 Å². The molecule has 1 aromatic heterocycles. The molecule has 0 spiro atoms. The maximum absolute atomic E-state index is 13.2. The number of anilines is 2. The second-order valence-electron chi connectivity index (χ2n) is 6.53. The predicted molar refractivity (Wildman–Crippen MR) is 112 cm³/mol. The number of amides is 3. The van der Waals surface area contributed by atoms with E-state index in [0.717, 1.165) is 17.0 Å². The van der Waals surface area contributed by atoms with E-state index < -0.39 is 28.7 Å². The molecule has 0 fully saturated rings. The smallest absolute Gasteiger partial charge is 0.417 e. The van der Waals surface area contributed by atoms with Gasteiger partial charge in [0.1, 0.15) is 18.1 Å². The van der Waals surface area contributed by atoms with Crippen molar-refractivity contribution in [3.8, 4) is 5.75 Å². The molecular weight excluding hydrogens is 449 g/mol. The molecule has 0 atom stereocenters. The first-order chi connectivity index (χ1) is 15.1. The lowest BCUT2D eigenvalue weighted by molar-refractivity contribution is -0.137. The Morgan fingerprint density at radius 1 is 1.00 bits per heavy atom. The van der Waals surface area contributed by atoms with E-state index in [1.165, 1.54) is 42.6 Å². The fourth-order valence-electron chi connectivity index (χ4n) is 2.83. The van der Waals surface area contributed by atoms with Crippen LogP contribution in [0.4, 0.5) is 29.3 Å². The van der Waals surface area contributed by atoms with E-state index in [9.17, 15) is 22.8 Å². The first kappa shape index (κ1) is 22.9. The molecular formula is C21H16ClF3N4O3. The number of primary amides is 2. The Morgan fingerprint density at radius 2 is 1.66 bits per heavy atom. The summed E-state index contributed by atoms with van der Waals surface area (Å²) in [5.41, 5.74) is 10.4. The summed E-state index contributed by atoms with van der Waals surface area (Å²) in [5, 5.41) is -0.495. The zero-order valence-corrected chi connectivity index (χ0v) is 17.0. The molecule has 166 valence electrons. The summed E-state index contributed by atoms with van der Waals surface area (Å²) in [5.74, 6) is -0.263. The van der Waals surface area contributed by atoms with Crippen LogP contribution in [0.1, 0.15) is 21.6 Å². The molecule has 0 saturated carbocycles. The van der Waals surface area contributed by atoms with Gasteiger partial charge in [-0.1, -0.05) is 11.6 Å². The number of aromatic nitrogens is 1. The van der Waals surface area contributed by atoms with Crippen LogP contribution in [0, 0.1) is 0 Å². The molecule has 3 aromatic rings.